The number of carbonyl (C=O) groups is 3. The molecule has 0 bridgehead atoms. The third-order valence-corrected chi connectivity index (χ3v) is 3.03. The summed E-state index contributed by atoms with van der Waals surface area (Å²) in [4.78, 5) is 35.4. The van der Waals surface area contributed by atoms with E-state index in [0.717, 1.165) is 6.42 Å². The zero-order chi connectivity index (χ0) is 13.7. The molecule has 2 unspecified atom stereocenters. The van der Waals surface area contributed by atoms with Crippen LogP contribution in [0, 0.1) is 0 Å². The van der Waals surface area contributed by atoms with Crippen LogP contribution in [-0.2, 0) is 9.59 Å². The summed E-state index contributed by atoms with van der Waals surface area (Å²) in [7, 11) is 1.49. The Morgan fingerprint density at radius 1 is 1.44 bits per heavy atom. The Balaban J connectivity index is 2.55. The Hall–Kier alpha value is -1.79. The van der Waals surface area contributed by atoms with Crippen LogP contribution in [0.5, 0.6) is 0 Å². The number of hydrogen-bond acceptors (Lipinski definition) is 3. The first-order valence-corrected chi connectivity index (χ1v) is 5.96. The minimum absolute atomic E-state index is 0.0538. The predicted molar refractivity (Wildman–Crippen MR) is 64.0 cm³/mol. The minimum atomic E-state index is -0.918. The van der Waals surface area contributed by atoms with Crippen LogP contribution >= 0.6 is 0 Å². The van der Waals surface area contributed by atoms with Crippen LogP contribution in [0.15, 0.2) is 0 Å². The van der Waals surface area contributed by atoms with Crippen LogP contribution in [-0.4, -0.2) is 53.6 Å². The molecule has 0 spiro atoms. The van der Waals surface area contributed by atoms with Crippen LogP contribution in [0.4, 0.5) is 4.79 Å². The molecule has 18 heavy (non-hydrogen) atoms. The molecule has 1 heterocycles. The molecule has 0 aromatic carbocycles. The zero-order valence-corrected chi connectivity index (χ0v) is 10.6. The molecule has 0 aliphatic carbocycles. The summed E-state index contributed by atoms with van der Waals surface area (Å²) < 4.78 is 0. The normalized spacial score (nSPS) is 20.3. The lowest BCUT2D eigenvalue weighted by Crippen LogP contribution is -2.50. The van der Waals surface area contributed by atoms with E-state index in [-0.39, 0.29) is 24.4 Å². The molecule has 0 aromatic heterocycles. The number of carbonyl (C=O) groups excluding carboxylic acids is 2. The van der Waals surface area contributed by atoms with Gasteiger partial charge in [0.15, 0.2) is 0 Å². The first kappa shape index (κ1) is 14.3. The van der Waals surface area contributed by atoms with Gasteiger partial charge < -0.3 is 20.6 Å². The highest BCUT2D eigenvalue weighted by Crippen LogP contribution is 2.20. The number of urea groups is 1. The maximum absolute atomic E-state index is 11.9. The summed E-state index contributed by atoms with van der Waals surface area (Å²) in [5.74, 6) is -1.20. The number of carboxylic acids is 1. The molecule has 1 aliphatic rings. The van der Waals surface area contributed by atoms with Crippen molar-refractivity contribution in [2.45, 2.75) is 38.3 Å². The second-order valence-electron chi connectivity index (χ2n) is 4.37. The average molecular weight is 257 g/mol. The van der Waals surface area contributed by atoms with Crippen LogP contribution < -0.4 is 10.6 Å². The van der Waals surface area contributed by atoms with Gasteiger partial charge in [-0.3, -0.25) is 9.59 Å². The van der Waals surface area contributed by atoms with Gasteiger partial charge in [-0.05, 0) is 19.8 Å². The topological polar surface area (TPSA) is 98.7 Å². The van der Waals surface area contributed by atoms with E-state index in [1.807, 2.05) is 0 Å². The summed E-state index contributed by atoms with van der Waals surface area (Å²) in [6.45, 7) is 2.11. The Morgan fingerprint density at radius 2 is 2.11 bits per heavy atom. The van der Waals surface area contributed by atoms with E-state index < -0.39 is 12.0 Å². The Labute approximate surface area is 106 Å². The van der Waals surface area contributed by atoms with Crippen molar-refractivity contribution in [3.8, 4) is 0 Å². The zero-order valence-electron chi connectivity index (χ0n) is 10.6. The molecule has 1 saturated heterocycles. The first-order chi connectivity index (χ1) is 8.45. The lowest BCUT2D eigenvalue weighted by molar-refractivity contribution is -0.138. The molecule has 7 nitrogen and oxygen atoms in total. The highest BCUT2D eigenvalue weighted by atomic mass is 16.4. The molecule has 1 fully saturated rings. The molecular weight excluding hydrogens is 238 g/mol. The van der Waals surface area contributed by atoms with E-state index in [9.17, 15) is 14.4 Å². The van der Waals surface area contributed by atoms with Crippen LogP contribution in [0.3, 0.4) is 0 Å². The Bertz CT molecular complexity index is 345. The quantitative estimate of drug-likeness (QED) is 0.647. The van der Waals surface area contributed by atoms with Gasteiger partial charge in [0, 0.05) is 19.6 Å². The van der Waals surface area contributed by atoms with E-state index in [2.05, 4.69) is 10.6 Å². The number of nitrogens with one attached hydrogen (secondary N) is 2. The fourth-order valence-corrected chi connectivity index (χ4v) is 2.07. The average Bonchev–Trinajstić information content (AvgIpc) is 2.74. The molecule has 3 amide bonds. The van der Waals surface area contributed by atoms with Gasteiger partial charge in [0.1, 0.15) is 6.04 Å². The largest absolute Gasteiger partial charge is 0.481 e. The van der Waals surface area contributed by atoms with Gasteiger partial charge in [-0.15, -0.1) is 0 Å². The number of likely N-dealkylation sites (N-methyl/N-ethyl adjacent to an activating group) is 1. The number of amides is 3. The number of nitrogens with zero attached hydrogens (tertiary/aromatic N) is 1. The summed E-state index contributed by atoms with van der Waals surface area (Å²) in [5.41, 5.74) is 0. The number of hydrogen-bond donors (Lipinski definition) is 3. The molecule has 1 aliphatic heterocycles. The molecule has 102 valence electrons. The molecule has 0 saturated carbocycles. The minimum Gasteiger partial charge on any atom is -0.481 e. The van der Waals surface area contributed by atoms with Crippen molar-refractivity contribution in [3.05, 3.63) is 0 Å². The molecule has 0 aromatic rings. The third kappa shape index (κ3) is 3.61. The van der Waals surface area contributed by atoms with E-state index in [1.54, 1.807) is 6.92 Å². The third-order valence-electron chi connectivity index (χ3n) is 3.03. The standard InChI is InChI=1S/C11H19N3O4/c1-7(10(17)12-2)13-11(18)14-5-3-4-8(14)6-9(15)16/h7-8H,3-6H2,1-2H3,(H,12,17)(H,13,18)(H,15,16). The number of carboxylic acid groups (broad SMARTS) is 1. The van der Waals surface area contributed by atoms with Crippen molar-refractivity contribution in [1.29, 1.82) is 0 Å². The van der Waals surface area contributed by atoms with E-state index in [1.165, 1.54) is 11.9 Å². The van der Waals surface area contributed by atoms with Crippen molar-refractivity contribution in [1.82, 2.24) is 15.5 Å². The fourth-order valence-electron chi connectivity index (χ4n) is 2.07. The molecule has 0 radical (unpaired) electrons. The van der Waals surface area contributed by atoms with Crippen molar-refractivity contribution in [2.75, 3.05) is 13.6 Å². The summed E-state index contributed by atoms with van der Waals surface area (Å²) >= 11 is 0. The van der Waals surface area contributed by atoms with Crippen molar-refractivity contribution < 1.29 is 19.5 Å². The van der Waals surface area contributed by atoms with Gasteiger partial charge in [-0.2, -0.15) is 0 Å². The summed E-state index contributed by atoms with van der Waals surface area (Å²) in [6.07, 6.45) is 1.43. The maximum atomic E-state index is 11.9. The van der Waals surface area contributed by atoms with E-state index in [0.29, 0.717) is 13.0 Å². The maximum Gasteiger partial charge on any atom is 0.318 e. The molecule has 7 heteroatoms. The van der Waals surface area contributed by atoms with Gasteiger partial charge in [-0.25, -0.2) is 4.79 Å². The van der Waals surface area contributed by atoms with Gasteiger partial charge in [-0.1, -0.05) is 0 Å². The number of rotatable bonds is 4. The lowest BCUT2D eigenvalue weighted by atomic mass is 10.1. The fraction of sp³-hybridized carbons (Fsp3) is 0.727. The van der Waals surface area contributed by atoms with E-state index >= 15 is 0 Å². The van der Waals surface area contributed by atoms with E-state index in [4.69, 9.17) is 5.11 Å². The van der Waals surface area contributed by atoms with Crippen LogP contribution in [0.1, 0.15) is 26.2 Å². The number of likely N-dealkylation sites (tertiary alicyclic amines) is 1. The summed E-state index contributed by atoms with van der Waals surface area (Å²) in [5, 5.41) is 13.8. The molecular formula is C11H19N3O4. The van der Waals surface area contributed by atoms with Crippen LogP contribution in [0.2, 0.25) is 0 Å². The first-order valence-electron chi connectivity index (χ1n) is 5.96. The van der Waals surface area contributed by atoms with Gasteiger partial charge in [0.25, 0.3) is 0 Å². The summed E-state index contributed by atoms with van der Waals surface area (Å²) in [6, 6.07) is -1.29. The highest BCUT2D eigenvalue weighted by Gasteiger charge is 2.31. The highest BCUT2D eigenvalue weighted by molar-refractivity contribution is 5.86. The second kappa shape index (κ2) is 6.23. The lowest BCUT2D eigenvalue weighted by Gasteiger charge is -2.25. The molecule has 2 atom stereocenters. The Kier molecular flexibility index (Phi) is 4.94. The van der Waals surface area contributed by atoms with Crippen molar-refractivity contribution >= 4 is 17.9 Å². The molecule has 3 N–H and O–H groups in total. The van der Waals surface area contributed by atoms with Crippen molar-refractivity contribution in [2.24, 2.45) is 0 Å². The van der Waals surface area contributed by atoms with Crippen molar-refractivity contribution in [3.63, 3.8) is 0 Å². The van der Waals surface area contributed by atoms with Crippen LogP contribution in [0.25, 0.3) is 0 Å². The van der Waals surface area contributed by atoms with Gasteiger partial charge in [0.2, 0.25) is 5.91 Å². The SMILES string of the molecule is CNC(=O)C(C)NC(=O)N1CCCC1CC(=O)O. The smallest absolute Gasteiger partial charge is 0.318 e. The Morgan fingerprint density at radius 3 is 2.67 bits per heavy atom. The van der Waals surface area contributed by atoms with Gasteiger partial charge >= 0.3 is 12.0 Å². The van der Waals surface area contributed by atoms with Gasteiger partial charge in [0.05, 0.1) is 6.42 Å². The predicted octanol–water partition coefficient (Wildman–Crippen LogP) is -0.230. The second-order valence-corrected chi connectivity index (χ2v) is 4.37. The monoisotopic (exact) mass is 257 g/mol. The molecule has 1 rings (SSSR count). The number of aliphatic carboxylic acids is 1.